The molecule has 0 saturated carbocycles. The van der Waals surface area contributed by atoms with Crippen molar-refractivity contribution in [2.45, 2.75) is 33.2 Å². The van der Waals surface area contributed by atoms with E-state index in [2.05, 4.69) is 31.9 Å². The Morgan fingerprint density at radius 1 is 1.07 bits per heavy atom. The Morgan fingerprint density at radius 3 is 2.38 bits per heavy atom. The third-order valence-corrected chi connectivity index (χ3v) is 5.20. The van der Waals surface area contributed by atoms with Crippen LogP contribution in [-0.2, 0) is 9.59 Å². The van der Waals surface area contributed by atoms with E-state index < -0.39 is 6.04 Å². The average Bonchev–Trinajstić information content (AvgIpc) is 2.72. The molecular formula is C22H26BrN3O3. The summed E-state index contributed by atoms with van der Waals surface area (Å²) in [6.45, 7) is 5.54. The number of aryl methyl sites for hydroxylation is 1. The van der Waals surface area contributed by atoms with Gasteiger partial charge in [-0.1, -0.05) is 54.4 Å². The smallest absolute Gasteiger partial charge is 0.251 e. The largest absolute Gasteiger partial charge is 0.345 e. The Hall–Kier alpha value is -2.67. The van der Waals surface area contributed by atoms with Crippen molar-refractivity contribution >= 4 is 39.3 Å². The molecule has 2 unspecified atom stereocenters. The Morgan fingerprint density at radius 2 is 1.76 bits per heavy atom. The van der Waals surface area contributed by atoms with Gasteiger partial charge >= 0.3 is 0 Å². The fourth-order valence-electron chi connectivity index (χ4n) is 2.76. The second kappa shape index (κ2) is 10.8. The number of benzene rings is 2. The Bertz CT molecular complexity index is 871. The van der Waals surface area contributed by atoms with Gasteiger partial charge in [0.1, 0.15) is 6.04 Å². The lowest BCUT2D eigenvalue weighted by atomic mass is 9.98. The lowest BCUT2D eigenvalue weighted by molar-refractivity contribution is -0.126. The van der Waals surface area contributed by atoms with E-state index in [-0.39, 0.29) is 30.2 Å². The van der Waals surface area contributed by atoms with Crippen LogP contribution >= 0.6 is 15.9 Å². The quantitative estimate of drug-likeness (QED) is 0.562. The first-order chi connectivity index (χ1) is 13.8. The zero-order chi connectivity index (χ0) is 21.4. The Balaban J connectivity index is 1.96. The molecule has 0 fully saturated rings. The monoisotopic (exact) mass is 459 g/mol. The van der Waals surface area contributed by atoms with Crippen LogP contribution < -0.4 is 16.0 Å². The van der Waals surface area contributed by atoms with Gasteiger partial charge in [-0.25, -0.2) is 0 Å². The highest BCUT2D eigenvalue weighted by Gasteiger charge is 2.26. The van der Waals surface area contributed by atoms with Gasteiger partial charge in [0.05, 0.1) is 6.54 Å². The summed E-state index contributed by atoms with van der Waals surface area (Å²) in [4.78, 5) is 37.4. The third kappa shape index (κ3) is 6.71. The minimum atomic E-state index is -0.727. The molecule has 154 valence electrons. The molecule has 0 spiro atoms. The number of hydrogen-bond donors (Lipinski definition) is 3. The predicted octanol–water partition coefficient (Wildman–Crippen LogP) is 3.66. The van der Waals surface area contributed by atoms with Crippen LogP contribution in [-0.4, -0.2) is 30.3 Å². The molecule has 0 aromatic heterocycles. The third-order valence-electron chi connectivity index (χ3n) is 4.70. The van der Waals surface area contributed by atoms with Crippen molar-refractivity contribution in [3.63, 3.8) is 0 Å². The first-order valence-electron chi connectivity index (χ1n) is 9.51. The van der Waals surface area contributed by atoms with E-state index in [0.29, 0.717) is 17.7 Å². The van der Waals surface area contributed by atoms with Crippen molar-refractivity contribution in [3.8, 4) is 0 Å². The van der Waals surface area contributed by atoms with E-state index in [1.165, 1.54) is 0 Å². The van der Waals surface area contributed by atoms with Crippen LogP contribution in [0.5, 0.6) is 0 Å². The number of anilines is 1. The maximum atomic E-state index is 12.7. The number of nitrogens with one attached hydrogen (secondary N) is 3. The van der Waals surface area contributed by atoms with E-state index in [4.69, 9.17) is 0 Å². The molecule has 0 bridgehead atoms. The van der Waals surface area contributed by atoms with E-state index in [0.717, 1.165) is 10.0 Å². The van der Waals surface area contributed by atoms with Gasteiger partial charge in [0.2, 0.25) is 11.8 Å². The first kappa shape index (κ1) is 22.6. The maximum Gasteiger partial charge on any atom is 0.251 e. The number of rotatable bonds is 8. The number of hydrogen-bond acceptors (Lipinski definition) is 3. The van der Waals surface area contributed by atoms with Crippen molar-refractivity contribution in [3.05, 3.63) is 64.1 Å². The first-order valence-corrected chi connectivity index (χ1v) is 10.3. The second-order valence-corrected chi connectivity index (χ2v) is 7.84. The molecule has 2 aromatic carbocycles. The van der Waals surface area contributed by atoms with Crippen molar-refractivity contribution in [2.24, 2.45) is 5.92 Å². The Kier molecular flexibility index (Phi) is 8.39. The van der Waals surface area contributed by atoms with Crippen LogP contribution in [0, 0.1) is 12.8 Å². The van der Waals surface area contributed by atoms with E-state index in [9.17, 15) is 14.4 Å². The maximum absolute atomic E-state index is 12.7. The molecule has 0 saturated heterocycles. The van der Waals surface area contributed by atoms with Crippen LogP contribution in [0.1, 0.15) is 36.2 Å². The summed E-state index contributed by atoms with van der Waals surface area (Å²) in [5, 5.41) is 8.20. The van der Waals surface area contributed by atoms with Crippen LogP contribution in [0.15, 0.2) is 53.0 Å². The highest BCUT2D eigenvalue weighted by atomic mass is 79.9. The molecule has 0 aliphatic carbocycles. The van der Waals surface area contributed by atoms with Crippen molar-refractivity contribution in [2.75, 3.05) is 11.9 Å². The lowest BCUT2D eigenvalue weighted by Gasteiger charge is -2.23. The molecule has 6 nitrogen and oxygen atoms in total. The van der Waals surface area contributed by atoms with Gasteiger partial charge in [0, 0.05) is 15.7 Å². The van der Waals surface area contributed by atoms with E-state index in [1.54, 1.807) is 30.3 Å². The summed E-state index contributed by atoms with van der Waals surface area (Å²) in [5.41, 5.74) is 2.08. The van der Waals surface area contributed by atoms with Crippen molar-refractivity contribution < 1.29 is 14.4 Å². The van der Waals surface area contributed by atoms with Gasteiger partial charge in [-0.15, -0.1) is 0 Å². The molecule has 7 heteroatoms. The fourth-order valence-corrected chi connectivity index (χ4v) is 3.23. The van der Waals surface area contributed by atoms with Crippen molar-refractivity contribution in [1.29, 1.82) is 0 Å². The molecular weight excluding hydrogens is 434 g/mol. The highest BCUT2D eigenvalue weighted by molar-refractivity contribution is 9.10. The number of amides is 3. The van der Waals surface area contributed by atoms with Gasteiger partial charge in [-0.3, -0.25) is 14.4 Å². The van der Waals surface area contributed by atoms with Crippen LogP contribution in [0.2, 0.25) is 0 Å². The van der Waals surface area contributed by atoms with E-state index >= 15 is 0 Å². The van der Waals surface area contributed by atoms with Gasteiger partial charge in [0.25, 0.3) is 5.91 Å². The molecule has 3 N–H and O–H groups in total. The standard InChI is InChI=1S/C22H26BrN3O3/c1-4-14(2)20(26-21(28)16-8-6-5-7-9-16)22(29)24-13-19(27)25-18-11-10-17(23)12-15(18)3/h5-12,14,20H,4,13H2,1-3H3,(H,24,29)(H,25,27)(H,26,28). The van der Waals surface area contributed by atoms with Gasteiger partial charge in [-0.2, -0.15) is 0 Å². The fraction of sp³-hybridized carbons (Fsp3) is 0.318. The molecule has 0 radical (unpaired) electrons. The summed E-state index contributed by atoms with van der Waals surface area (Å²) in [6, 6.07) is 13.5. The minimum Gasteiger partial charge on any atom is -0.345 e. The average molecular weight is 460 g/mol. The Labute approximate surface area is 179 Å². The number of carbonyl (C=O) groups excluding carboxylic acids is 3. The molecule has 29 heavy (non-hydrogen) atoms. The molecule has 2 atom stereocenters. The summed E-state index contributed by atoms with van der Waals surface area (Å²) in [5.74, 6) is -1.12. The van der Waals surface area contributed by atoms with Crippen LogP contribution in [0.4, 0.5) is 5.69 Å². The molecule has 2 aromatic rings. The lowest BCUT2D eigenvalue weighted by Crippen LogP contribution is -2.51. The van der Waals surface area contributed by atoms with Gasteiger partial charge in [-0.05, 0) is 48.7 Å². The predicted molar refractivity (Wildman–Crippen MR) is 118 cm³/mol. The zero-order valence-electron chi connectivity index (χ0n) is 16.8. The normalized spacial score (nSPS) is 12.6. The summed E-state index contributed by atoms with van der Waals surface area (Å²) in [6.07, 6.45) is 0.706. The molecule has 0 aliphatic rings. The summed E-state index contributed by atoms with van der Waals surface area (Å²) >= 11 is 3.38. The van der Waals surface area contributed by atoms with Crippen molar-refractivity contribution in [1.82, 2.24) is 10.6 Å². The second-order valence-electron chi connectivity index (χ2n) is 6.93. The van der Waals surface area contributed by atoms with Gasteiger partial charge < -0.3 is 16.0 Å². The SMILES string of the molecule is CCC(C)C(NC(=O)c1ccccc1)C(=O)NCC(=O)Nc1ccc(Br)cc1C. The molecule has 2 rings (SSSR count). The molecule has 3 amide bonds. The molecule has 0 aliphatic heterocycles. The summed E-state index contributed by atoms with van der Waals surface area (Å²) in [7, 11) is 0. The molecule has 0 heterocycles. The topological polar surface area (TPSA) is 87.3 Å². The minimum absolute atomic E-state index is 0.0839. The van der Waals surface area contributed by atoms with Gasteiger partial charge in [0.15, 0.2) is 0 Å². The number of carbonyl (C=O) groups is 3. The van der Waals surface area contributed by atoms with Crippen LogP contribution in [0.3, 0.4) is 0 Å². The van der Waals surface area contributed by atoms with E-state index in [1.807, 2.05) is 39.0 Å². The highest BCUT2D eigenvalue weighted by Crippen LogP contribution is 2.19. The summed E-state index contributed by atoms with van der Waals surface area (Å²) < 4.78 is 0.923. The van der Waals surface area contributed by atoms with Crippen LogP contribution in [0.25, 0.3) is 0 Å². The number of halogens is 1. The zero-order valence-corrected chi connectivity index (χ0v) is 18.4.